The third kappa shape index (κ3) is 3.48. The zero-order valence-electron chi connectivity index (χ0n) is 16.6. The number of rotatable bonds is 5. The predicted octanol–water partition coefficient (Wildman–Crippen LogP) is 4.02. The molecular formula is C24H23NO4. The zero-order chi connectivity index (χ0) is 20.5. The molecule has 2 aliphatic rings. The van der Waals surface area contributed by atoms with E-state index in [0.717, 1.165) is 11.1 Å². The van der Waals surface area contributed by atoms with Gasteiger partial charge in [0.2, 0.25) is 11.8 Å². The molecule has 0 saturated carbocycles. The first-order valence-electron chi connectivity index (χ1n) is 9.82. The summed E-state index contributed by atoms with van der Waals surface area (Å²) in [6.07, 6.45) is 5.08. The molecule has 2 aromatic carbocycles. The smallest absolute Gasteiger partial charge is 0.238 e. The average Bonchev–Trinajstić information content (AvgIpc) is 2.99. The molecule has 2 unspecified atom stereocenters. The van der Waals surface area contributed by atoms with Gasteiger partial charge in [0.05, 0.1) is 17.5 Å². The predicted molar refractivity (Wildman–Crippen MR) is 110 cm³/mol. The summed E-state index contributed by atoms with van der Waals surface area (Å²) in [7, 11) is 0. The molecule has 1 aliphatic carbocycles. The lowest BCUT2D eigenvalue weighted by Gasteiger charge is -2.19. The molecule has 1 saturated heterocycles. The number of carbonyl (C=O) groups is 3. The zero-order valence-corrected chi connectivity index (χ0v) is 16.6. The number of amides is 2. The van der Waals surface area contributed by atoms with Gasteiger partial charge >= 0.3 is 0 Å². The highest BCUT2D eigenvalue weighted by Gasteiger charge is 2.48. The van der Waals surface area contributed by atoms with Crippen molar-refractivity contribution in [1.82, 2.24) is 0 Å². The van der Waals surface area contributed by atoms with Gasteiger partial charge in [0, 0.05) is 5.56 Å². The maximum Gasteiger partial charge on any atom is 0.238 e. The molecule has 1 fully saturated rings. The van der Waals surface area contributed by atoms with Crippen molar-refractivity contribution in [1.29, 1.82) is 0 Å². The van der Waals surface area contributed by atoms with E-state index in [9.17, 15) is 14.4 Å². The van der Waals surface area contributed by atoms with Crippen LogP contribution in [0.2, 0.25) is 0 Å². The van der Waals surface area contributed by atoms with E-state index in [1.807, 2.05) is 38.1 Å². The minimum atomic E-state index is -0.308. The Morgan fingerprint density at radius 1 is 0.966 bits per heavy atom. The largest absolute Gasteiger partial charge is 0.483 e. The molecule has 5 nitrogen and oxygen atoms in total. The number of hydrogen-bond donors (Lipinski definition) is 0. The van der Waals surface area contributed by atoms with E-state index in [4.69, 9.17) is 4.74 Å². The number of fused-ring (bicyclic) bond motifs is 1. The third-order valence-electron chi connectivity index (χ3n) is 5.80. The second-order valence-corrected chi connectivity index (χ2v) is 7.65. The first kappa shape index (κ1) is 19.1. The topological polar surface area (TPSA) is 63.7 Å². The van der Waals surface area contributed by atoms with Gasteiger partial charge in [-0.3, -0.25) is 14.4 Å². The fraction of sp³-hybridized carbons (Fsp3) is 0.292. The Balaban J connectivity index is 1.54. The molecule has 0 N–H and O–H groups in total. The van der Waals surface area contributed by atoms with Crippen LogP contribution in [0.25, 0.3) is 0 Å². The van der Waals surface area contributed by atoms with Crippen LogP contribution in [0, 0.1) is 25.7 Å². The van der Waals surface area contributed by atoms with Crippen molar-refractivity contribution in [3.8, 4) is 5.75 Å². The molecule has 4 rings (SSSR count). The van der Waals surface area contributed by atoms with Gasteiger partial charge < -0.3 is 4.74 Å². The van der Waals surface area contributed by atoms with Crippen molar-refractivity contribution in [3.63, 3.8) is 0 Å². The van der Waals surface area contributed by atoms with E-state index in [1.165, 1.54) is 4.90 Å². The van der Waals surface area contributed by atoms with Crippen LogP contribution in [0.5, 0.6) is 5.75 Å². The molecule has 2 aromatic rings. The monoisotopic (exact) mass is 389 g/mol. The Hall–Kier alpha value is -3.21. The van der Waals surface area contributed by atoms with Gasteiger partial charge in [-0.15, -0.1) is 0 Å². The summed E-state index contributed by atoms with van der Waals surface area (Å²) in [6.45, 7) is 3.79. The lowest BCUT2D eigenvalue weighted by atomic mass is 9.85. The molecule has 0 aromatic heterocycles. The van der Waals surface area contributed by atoms with Crippen LogP contribution < -0.4 is 9.64 Å². The van der Waals surface area contributed by atoms with Crippen LogP contribution in [-0.4, -0.2) is 24.2 Å². The van der Waals surface area contributed by atoms with Gasteiger partial charge in [-0.1, -0.05) is 36.4 Å². The Morgan fingerprint density at radius 3 is 2.28 bits per heavy atom. The summed E-state index contributed by atoms with van der Waals surface area (Å²) in [5.41, 5.74) is 3.15. The Kier molecular flexibility index (Phi) is 5.05. The minimum Gasteiger partial charge on any atom is -0.483 e. The number of carbonyl (C=O) groups excluding carboxylic acids is 3. The summed E-state index contributed by atoms with van der Waals surface area (Å²) < 4.78 is 5.77. The number of benzene rings is 2. The molecule has 2 atom stereocenters. The highest BCUT2D eigenvalue weighted by molar-refractivity contribution is 6.22. The lowest BCUT2D eigenvalue weighted by molar-refractivity contribution is -0.122. The number of nitrogens with zero attached hydrogens (tertiary/aromatic N) is 1. The number of Topliss-reactive ketones (excluding diaryl/α,β-unsaturated/α-hetero) is 1. The summed E-state index contributed by atoms with van der Waals surface area (Å²) in [4.78, 5) is 39.6. The standard InChI is InChI=1S/C24H23NO4/c1-15-11-12-17(13-16(15)2)21(26)14-29-22-10-6-5-9-20(22)25-23(27)18-7-3-4-8-19(18)24(25)28/h3-6,9-13,18-19H,7-8,14H2,1-2H3. The molecule has 148 valence electrons. The number of ether oxygens (including phenoxy) is 1. The van der Waals surface area contributed by atoms with Gasteiger partial charge in [-0.2, -0.15) is 0 Å². The summed E-state index contributed by atoms with van der Waals surface area (Å²) in [6, 6.07) is 12.4. The van der Waals surface area contributed by atoms with Crippen LogP contribution in [0.15, 0.2) is 54.6 Å². The first-order chi connectivity index (χ1) is 14.0. The minimum absolute atomic E-state index is 0.153. The van der Waals surface area contributed by atoms with Gasteiger partial charge in [0.25, 0.3) is 0 Å². The number of imide groups is 1. The summed E-state index contributed by atoms with van der Waals surface area (Å²) in [5, 5.41) is 0. The van der Waals surface area contributed by atoms with E-state index in [2.05, 4.69) is 0 Å². The van der Waals surface area contributed by atoms with Crippen LogP contribution in [-0.2, 0) is 9.59 Å². The Bertz CT molecular complexity index is 997. The van der Waals surface area contributed by atoms with E-state index < -0.39 is 0 Å². The molecular weight excluding hydrogens is 366 g/mol. The van der Waals surface area contributed by atoms with Crippen molar-refractivity contribution in [2.75, 3.05) is 11.5 Å². The lowest BCUT2D eigenvalue weighted by Crippen LogP contribution is -2.31. The van der Waals surface area contributed by atoms with Gasteiger partial charge in [-0.25, -0.2) is 4.90 Å². The number of ketones is 1. The highest BCUT2D eigenvalue weighted by Crippen LogP contribution is 2.40. The summed E-state index contributed by atoms with van der Waals surface area (Å²) >= 11 is 0. The Labute approximate surface area is 170 Å². The molecule has 2 amide bonds. The number of anilines is 1. The van der Waals surface area contributed by atoms with E-state index in [-0.39, 0.29) is 36.0 Å². The van der Waals surface area contributed by atoms with E-state index >= 15 is 0 Å². The maximum absolute atomic E-state index is 12.9. The fourth-order valence-electron chi connectivity index (χ4n) is 3.94. The van der Waals surface area contributed by atoms with Crippen molar-refractivity contribution in [2.45, 2.75) is 26.7 Å². The SMILES string of the molecule is Cc1ccc(C(=O)COc2ccccc2N2C(=O)C3CC=CCC3C2=O)cc1C. The molecule has 29 heavy (non-hydrogen) atoms. The van der Waals surface area contributed by atoms with Crippen molar-refractivity contribution >= 4 is 23.3 Å². The van der Waals surface area contributed by atoms with Gasteiger partial charge in [0.1, 0.15) is 5.75 Å². The van der Waals surface area contributed by atoms with Crippen molar-refractivity contribution in [2.24, 2.45) is 11.8 Å². The molecule has 1 aliphatic heterocycles. The summed E-state index contributed by atoms with van der Waals surface area (Å²) in [5.74, 6) is -0.796. The van der Waals surface area contributed by atoms with Crippen molar-refractivity contribution < 1.29 is 19.1 Å². The number of hydrogen-bond acceptors (Lipinski definition) is 4. The number of para-hydroxylation sites is 2. The Morgan fingerprint density at radius 2 is 1.62 bits per heavy atom. The van der Waals surface area contributed by atoms with Crippen LogP contribution in [0.3, 0.4) is 0 Å². The fourth-order valence-corrected chi connectivity index (χ4v) is 3.94. The molecule has 5 heteroatoms. The maximum atomic E-state index is 12.9. The van der Waals surface area contributed by atoms with Crippen molar-refractivity contribution in [3.05, 3.63) is 71.3 Å². The third-order valence-corrected chi connectivity index (χ3v) is 5.80. The van der Waals surface area contributed by atoms with E-state index in [1.54, 1.807) is 30.3 Å². The van der Waals surface area contributed by atoms with Crippen LogP contribution >= 0.6 is 0 Å². The number of allylic oxidation sites excluding steroid dienone is 2. The highest BCUT2D eigenvalue weighted by atomic mass is 16.5. The quantitative estimate of drug-likeness (QED) is 0.440. The van der Waals surface area contributed by atoms with Gasteiger partial charge in [-0.05, 0) is 56.0 Å². The molecule has 0 spiro atoms. The van der Waals surface area contributed by atoms with Crippen LogP contribution in [0.1, 0.15) is 34.3 Å². The second-order valence-electron chi connectivity index (χ2n) is 7.65. The number of aryl methyl sites for hydroxylation is 2. The van der Waals surface area contributed by atoms with E-state index in [0.29, 0.717) is 29.8 Å². The second kappa shape index (κ2) is 7.66. The molecule has 1 heterocycles. The van der Waals surface area contributed by atoms with Crippen LogP contribution in [0.4, 0.5) is 5.69 Å². The average molecular weight is 389 g/mol. The molecule has 0 bridgehead atoms. The normalized spacial score (nSPS) is 20.7. The van der Waals surface area contributed by atoms with Gasteiger partial charge in [0.15, 0.2) is 12.4 Å². The molecule has 0 radical (unpaired) electrons. The first-order valence-corrected chi connectivity index (χ1v) is 9.82.